The lowest BCUT2D eigenvalue weighted by Gasteiger charge is -2.33. The molecule has 2 aromatic rings. The lowest BCUT2D eigenvalue weighted by molar-refractivity contribution is -0.526. The molecule has 0 aromatic heterocycles. The molecule has 1 aliphatic carbocycles. The highest BCUT2D eigenvalue weighted by atomic mass is 16.5. The molecule has 0 N–H and O–H groups in total. The Labute approximate surface area is 192 Å². The van der Waals surface area contributed by atoms with Gasteiger partial charge in [0.1, 0.15) is 17.7 Å². The van der Waals surface area contributed by atoms with Crippen LogP contribution in [-0.4, -0.2) is 49.9 Å². The summed E-state index contributed by atoms with van der Waals surface area (Å²) in [5.74, 6) is 1.58. The molecular formula is C28H37N2O2+. The van der Waals surface area contributed by atoms with E-state index in [1.165, 1.54) is 19.3 Å². The quantitative estimate of drug-likeness (QED) is 0.570. The van der Waals surface area contributed by atoms with E-state index >= 15 is 0 Å². The highest BCUT2D eigenvalue weighted by Gasteiger charge is 2.40. The number of anilines is 1. The molecule has 4 nitrogen and oxygen atoms in total. The van der Waals surface area contributed by atoms with Crippen LogP contribution < -0.4 is 9.64 Å². The maximum Gasteiger partial charge on any atom is 0.160 e. The summed E-state index contributed by atoms with van der Waals surface area (Å²) in [6.45, 7) is 5.99. The van der Waals surface area contributed by atoms with Gasteiger partial charge in [-0.25, -0.2) is 4.58 Å². The zero-order chi connectivity index (χ0) is 22.4. The van der Waals surface area contributed by atoms with Crippen molar-refractivity contribution in [1.82, 2.24) is 0 Å². The number of hydrogen-bond acceptors (Lipinski definition) is 3. The first-order valence-corrected chi connectivity index (χ1v) is 12.2. The van der Waals surface area contributed by atoms with Crippen LogP contribution in [0.1, 0.15) is 51.0 Å². The number of para-hydroxylation sites is 2. The Morgan fingerprint density at radius 2 is 1.69 bits per heavy atom. The molecule has 0 bridgehead atoms. The summed E-state index contributed by atoms with van der Waals surface area (Å²) >= 11 is 0. The molecule has 1 heterocycles. The van der Waals surface area contributed by atoms with E-state index < -0.39 is 5.41 Å². The minimum absolute atomic E-state index is 0.213. The fourth-order valence-corrected chi connectivity index (χ4v) is 5.33. The van der Waals surface area contributed by atoms with Crippen LogP contribution in [0.2, 0.25) is 0 Å². The van der Waals surface area contributed by atoms with Crippen LogP contribution in [0, 0.1) is 5.92 Å². The minimum atomic E-state index is -0.455. The van der Waals surface area contributed by atoms with Crippen molar-refractivity contribution in [3.05, 3.63) is 60.2 Å². The number of methoxy groups -OCH3 is 1. The van der Waals surface area contributed by atoms with Gasteiger partial charge in [-0.1, -0.05) is 61.7 Å². The number of ketones is 1. The van der Waals surface area contributed by atoms with E-state index in [-0.39, 0.29) is 5.92 Å². The first-order chi connectivity index (χ1) is 15.6. The zero-order valence-electron chi connectivity index (χ0n) is 19.6. The number of benzene rings is 2. The number of piperazine rings is 1. The van der Waals surface area contributed by atoms with Crippen LogP contribution in [-0.2, 0) is 10.2 Å². The molecule has 2 aliphatic rings. The van der Waals surface area contributed by atoms with Crippen molar-refractivity contribution in [2.45, 2.75) is 50.9 Å². The molecule has 4 heteroatoms. The average Bonchev–Trinajstić information content (AvgIpc) is 2.88. The second-order valence-electron chi connectivity index (χ2n) is 9.48. The van der Waals surface area contributed by atoms with Crippen molar-refractivity contribution < 1.29 is 14.1 Å². The molecule has 170 valence electrons. The predicted molar refractivity (Wildman–Crippen MR) is 131 cm³/mol. The van der Waals surface area contributed by atoms with Crippen LogP contribution >= 0.6 is 0 Å². The molecule has 1 aliphatic heterocycles. The van der Waals surface area contributed by atoms with Gasteiger partial charge in [0.25, 0.3) is 0 Å². The average molecular weight is 434 g/mol. The van der Waals surface area contributed by atoms with Crippen molar-refractivity contribution in [1.29, 1.82) is 0 Å². The first-order valence-electron chi connectivity index (χ1n) is 12.2. The van der Waals surface area contributed by atoms with E-state index in [1.807, 2.05) is 18.2 Å². The molecule has 0 spiro atoms. The number of rotatable bonds is 7. The number of Topliss-reactive ketones (excluding diaryl/α,β-unsaturated/α-hetero) is 1. The van der Waals surface area contributed by atoms with Gasteiger partial charge in [-0.15, -0.1) is 0 Å². The first kappa shape index (κ1) is 22.6. The third kappa shape index (κ3) is 4.90. The SMILES string of the molecule is COc1ccccc1N1CC[N+](=CC[C@](C)(C(=O)C2CCCCC2)c2ccccc2)CC1. The Kier molecular flexibility index (Phi) is 7.29. The predicted octanol–water partition coefficient (Wildman–Crippen LogP) is 5.10. The van der Waals surface area contributed by atoms with Crippen LogP contribution in [0.4, 0.5) is 5.69 Å². The molecule has 1 atom stereocenters. The van der Waals surface area contributed by atoms with E-state index in [0.29, 0.717) is 5.78 Å². The van der Waals surface area contributed by atoms with E-state index in [0.717, 1.165) is 62.4 Å². The highest BCUT2D eigenvalue weighted by Crippen LogP contribution is 2.36. The van der Waals surface area contributed by atoms with Crippen molar-refractivity contribution in [2.75, 3.05) is 38.2 Å². The molecule has 1 saturated carbocycles. The van der Waals surface area contributed by atoms with Gasteiger partial charge in [-0.05, 0) is 37.5 Å². The van der Waals surface area contributed by atoms with Crippen LogP contribution in [0.15, 0.2) is 54.6 Å². The molecule has 0 radical (unpaired) electrons. The van der Waals surface area contributed by atoms with Crippen molar-refractivity contribution >= 4 is 17.7 Å². The third-order valence-corrected chi connectivity index (χ3v) is 7.43. The van der Waals surface area contributed by atoms with Crippen LogP contribution in [0.5, 0.6) is 5.75 Å². The standard InChI is InChI=1S/C28H37N2O2/c1-28(24-13-7-4-8-14-24,27(31)23-11-5-3-6-12-23)17-18-29-19-21-30(22-20-29)25-15-9-10-16-26(25)32-2/h4,7-10,13-16,18,23H,3,5-6,11-12,17,19-22H2,1-2H3/q+1/t28-/m0/s1. The molecule has 1 saturated heterocycles. The Bertz CT molecular complexity index is 923. The second-order valence-corrected chi connectivity index (χ2v) is 9.48. The largest absolute Gasteiger partial charge is 0.495 e. The Hall–Kier alpha value is -2.62. The summed E-state index contributed by atoms with van der Waals surface area (Å²) in [5.41, 5.74) is 1.86. The Morgan fingerprint density at radius 1 is 1.03 bits per heavy atom. The number of carbonyl (C=O) groups is 1. The summed E-state index contributed by atoms with van der Waals surface area (Å²) in [7, 11) is 1.73. The van der Waals surface area contributed by atoms with Gasteiger partial charge >= 0.3 is 0 Å². The fraction of sp³-hybridized carbons (Fsp3) is 0.500. The monoisotopic (exact) mass is 433 g/mol. The van der Waals surface area contributed by atoms with Crippen molar-refractivity contribution in [3.8, 4) is 5.75 Å². The number of carbonyl (C=O) groups excluding carboxylic acids is 1. The molecule has 32 heavy (non-hydrogen) atoms. The zero-order valence-corrected chi connectivity index (χ0v) is 19.6. The summed E-state index contributed by atoms with van der Waals surface area (Å²) < 4.78 is 7.95. The minimum Gasteiger partial charge on any atom is -0.495 e. The van der Waals surface area contributed by atoms with E-state index in [2.05, 4.69) is 59.0 Å². The number of nitrogens with zero attached hydrogens (tertiary/aromatic N) is 2. The van der Waals surface area contributed by atoms with Gasteiger partial charge in [-0.2, -0.15) is 0 Å². The van der Waals surface area contributed by atoms with Gasteiger partial charge < -0.3 is 9.64 Å². The normalized spacial score (nSPS) is 19.3. The topological polar surface area (TPSA) is 32.5 Å². The summed E-state index contributed by atoms with van der Waals surface area (Å²) in [6.07, 6.45) is 8.83. The second kappa shape index (κ2) is 10.3. The Morgan fingerprint density at radius 3 is 2.38 bits per heavy atom. The van der Waals surface area contributed by atoms with Crippen LogP contribution in [0.25, 0.3) is 0 Å². The van der Waals surface area contributed by atoms with Gasteiger partial charge in [0, 0.05) is 12.3 Å². The summed E-state index contributed by atoms with van der Waals surface area (Å²) in [4.78, 5) is 16.1. The highest BCUT2D eigenvalue weighted by molar-refractivity contribution is 5.93. The van der Waals surface area contributed by atoms with Gasteiger partial charge in [0.15, 0.2) is 13.1 Å². The summed E-state index contributed by atoms with van der Waals surface area (Å²) in [6, 6.07) is 18.7. The molecule has 2 aromatic carbocycles. The van der Waals surface area contributed by atoms with E-state index in [4.69, 9.17) is 4.74 Å². The van der Waals surface area contributed by atoms with Gasteiger partial charge in [-0.3, -0.25) is 4.79 Å². The maximum atomic E-state index is 13.7. The lowest BCUT2D eigenvalue weighted by atomic mass is 9.69. The molecule has 4 rings (SSSR count). The maximum absolute atomic E-state index is 13.7. The lowest BCUT2D eigenvalue weighted by Crippen LogP contribution is -2.44. The van der Waals surface area contributed by atoms with Gasteiger partial charge in [0.2, 0.25) is 0 Å². The van der Waals surface area contributed by atoms with Gasteiger partial charge in [0.05, 0.1) is 31.3 Å². The summed E-state index contributed by atoms with van der Waals surface area (Å²) in [5, 5.41) is 0. The molecule has 0 unspecified atom stereocenters. The molecule has 0 amide bonds. The molecule has 2 fully saturated rings. The Balaban J connectivity index is 1.48. The van der Waals surface area contributed by atoms with E-state index in [9.17, 15) is 4.79 Å². The van der Waals surface area contributed by atoms with Crippen molar-refractivity contribution in [3.63, 3.8) is 0 Å². The number of hydrogen-bond donors (Lipinski definition) is 0. The molecular weight excluding hydrogens is 396 g/mol. The van der Waals surface area contributed by atoms with Crippen molar-refractivity contribution in [2.24, 2.45) is 5.92 Å². The van der Waals surface area contributed by atoms with E-state index in [1.54, 1.807) is 7.11 Å². The van der Waals surface area contributed by atoms with Crippen LogP contribution in [0.3, 0.4) is 0 Å². The number of ether oxygens (including phenoxy) is 1. The fourth-order valence-electron chi connectivity index (χ4n) is 5.33. The smallest absolute Gasteiger partial charge is 0.160 e. The third-order valence-electron chi connectivity index (χ3n) is 7.43.